The number of carboxylic acids is 1. The average Bonchev–Trinajstić information content (AvgIpc) is 2.21. The zero-order chi connectivity index (χ0) is 15.2. The predicted octanol–water partition coefficient (Wildman–Crippen LogP) is -1.03. The summed E-state index contributed by atoms with van der Waals surface area (Å²) in [5, 5.41) is 16.2. The van der Waals surface area contributed by atoms with Gasteiger partial charge in [-0.1, -0.05) is 0 Å². The molecule has 6 N–H and O–H groups in total. The molecule has 1 aliphatic heterocycles. The number of carbonyl (C=O) groups is 2. The Morgan fingerprint density at radius 1 is 1.42 bits per heavy atom. The van der Waals surface area contributed by atoms with Gasteiger partial charge in [0.2, 0.25) is 5.91 Å². The first-order valence-corrected chi connectivity index (χ1v) is 5.20. The minimum atomic E-state index is -5.08. The number of carboxylic acid groups (broad SMARTS) is 1. The van der Waals surface area contributed by atoms with Crippen LogP contribution in [0, 0.1) is 0 Å². The minimum absolute atomic E-state index is 0.0917. The fraction of sp³-hybridized carbons (Fsp3) is 0.778. The van der Waals surface area contributed by atoms with Crippen LogP contribution in [0.15, 0.2) is 0 Å². The molecule has 1 heterocycles. The molecule has 0 saturated carbocycles. The molecule has 0 bridgehead atoms. The lowest BCUT2D eigenvalue weighted by Gasteiger charge is -2.29. The number of ether oxygens (including phenoxy) is 1. The van der Waals surface area contributed by atoms with Gasteiger partial charge >= 0.3 is 12.1 Å². The van der Waals surface area contributed by atoms with Crippen molar-refractivity contribution in [2.45, 2.75) is 37.3 Å². The maximum atomic E-state index is 10.6. The number of rotatable bonds is 4. The Morgan fingerprint density at radius 3 is 2.05 bits per heavy atom. The summed E-state index contributed by atoms with van der Waals surface area (Å²) < 4.78 is 36.8. The van der Waals surface area contributed by atoms with Crippen molar-refractivity contribution in [2.24, 2.45) is 11.5 Å². The number of hydrogen-bond donors (Lipinski definition) is 4. The maximum absolute atomic E-state index is 10.6. The molecule has 1 saturated heterocycles. The van der Waals surface area contributed by atoms with E-state index in [2.05, 4.69) is 0 Å². The summed E-state index contributed by atoms with van der Waals surface area (Å²) in [5.41, 5.74) is 10.4. The van der Waals surface area contributed by atoms with Gasteiger partial charge < -0.3 is 26.4 Å². The summed E-state index contributed by atoms with van der Waals surface area (Å²) in [6.07, 6.45) is -4.81. The van der Waals surface area contributed by atoms with E-state index < -0.39 is 30.2 Å². The van der Waals surface area contributed by atoms with E-state index in [1.54, 1.807) is 0 Å². The third-order valence-electron chi connectivity index (χ3n) is 2.27. The largest absolute Gasteiger partial charge is 0.490 e. The Kier molecular flexibility index (Phi) is 6.73. The van der Waals surface area contributed by atoms with Crippen molar-refractivity contribution < 1.29 is 37.7 Å². The summed E-state index contributed by atoms with van der Waals surface area (Å²) >= 11 is 0. The number of primary amides is 1. The van der Waals surface area contributed by atoms with Crippen LogP contribution < -0.4 is 11.5 Å². The van der Waals surface area contributed by atoms with Gasteiger partial charge in [-0.25, -0.2) is 4.79 Å². The third-order valence-corrected chi connectivity index (χ3v) is 2.27. The predicted molar refractivity (Wildman–Crippen MR) is 55.8 cm³/mol. The van der Waals surface area contributed by atoms with Crippen molar-refractivity contribution in [1.82, 2.24) is 0 Å². The lowest BCUT2D eigenvalue weighted by molar-refractivity contribution is -0.192. The smallest absolute Gasteiger partial charge is 0.475 e. The van der Waals surface area contributed by atoms with Gasteiger partial charge in [0, 0.05) is 12.6 Å². The van der Waals surface area contributed by atoms with E-state index in [-0.39, 0.29) is 6.10 Å². The summed E-state index contributed by atoms with van der Waals surface area (Å²) in [7, 11) is 0. The van der Waals surface area contributed by atoms with E-state index >= 15 is 0 Å². The number of amides is 1. The van der Waals surface area contributed by atoms with E-state index in [9.17, 15) is 18.0 Å². The van der Waals surface area contributed by atoms with E-state index in [4.69, 9.17) is 31.2 Å². The van der Waals surface area contributed by atoms with Crippen molar-refractivity contribution in [3.63, 3.8) is 0 Å². The fourth-order valence-corrected chi connectivity index (χ4v) is 1.11. The first-order chi connectivity index (χ1) is 8.55. The molecule has 0 radical (unpaired) electrons. The Morgan fingerprint density at radius 2 is 1.84 bits per heavy atom. The second kappa shape index (κ2) is 7.26. The van der Waals surface area contributed by atoms with E-state index in [1.807, 2.05) is 0 Å². The first kappa shape index (κ1) is 17.6. The Bertz CT molecular complexity index is 319. The van der Waals surface area contributed by atoms with Gasteiger partial charge in [-0.15, -0.1) is 0 Å². The molecular formula is C9H15F3N2O5. The van der Waals surface area contributed by atoms with Crippen LogP contribution in [0.4, 0.5) is 13.2 Å². The molecule has 10 heteroatoms. The molecule has 0 aromatic rings. The number of carbonyl (C=O) groups excluding carboxylic acids is 1. The van der Waals surface area contributed by atoms with Crippen LogP contribution in [-0.4, -0.2) is 53.1 Å². The summed E-state index contributed by atoms with van der Waals surface area (Å²) in [5.74, 6) is -3.53. The van der Waals surface area contributed by atoms with Crippen molar-refractivity contribution in [2.75, 3.05) is 6.61 Å². The van der Waals surface area contributed by atoms with Crippen LogP contribution in [0.1, 0.15) is 12.8 Å². The second-order valence-electron chi connectivity index (χ2n) is 3.83. The SMILES string of the molecule is NC(=O)C(O)C(N)CC1CCO1.O=C(O)C(F)(F)F. The summed E-state index contributed by atoms with van der Waals surface area (Å²) in [6, 6.07) is -0.604. The Hall–Kier alpha value is -1.39. The topological polar surface area (TPSA) is 136 Å². The lowest BCUT2D eigenvalue weighted by atomic mass is 10.00. The molecule has 1 fully saturated rings. The van der Waals surface area contributed by atoms with E-state index in [0.29, 0.717) is 6.42 Å². The van der Waals surface area contributed by atoms with Crippen LogP contribution in [0.2, 0.25) is 0 Å². The molecule has 112 valence electrons. The van der Waals surface area contributed by atoms with Crippen molar-refractivity contribution in [3.8, 4) is 0 Å². The van der Waals surface area contributed by atoms with Gasteiger partial charge in [0.25, 0.3) is 0 Å². The molecule has 1 amide bonds. The van der Waals surface area contributed by atoms with Gasteiger partial charge in [-0.3, -0.25) is 4.79 Å². The highest BCUT2D eigenvalue weighted by atomic mass is 19.4. The Balaban J connectivity index is 0.000000399. The van der Waals surface area contributed by atoms with Gasteiger partial charge in [-0.2, -0.15) is 13.2 Å². The molecule has 7 nitrogen and oxygen atoms in total. The molecule has 3 unspecified atom stereocenters. The molecule has 1 aliphatic rings. The minimum Gasteiger partial charge on any atom is -0.475 e. The number of aliphatic hydroxyl groups is 1. The highest BCUT2D eigenvalue weighted by Crippen LogP contribution is 2.16. The highest BCUT2D eigenvalue weighted by molar-refractivity contribution is 5.79. The molecule has 1 rings (SSSR count). The molecule has 0 spiro atoms. The highest BCUT2D eigenvalue weighted by Gasteiger charge is 2.38. The summed E-state index contributed by atoms with van der Waals surface area (Å²) in [4.78, 5) is 19.4. The third kappa shape index (κ3) is 6.94. The number of hydrogen-bond acceptors (Lipinski definition) is 5. The van der Waals surface area contributed by atoms with Crippen molar-refractivity contribution in [3.05, 3.63) is 0 Å². The standard InChI is InChI=1S/C7H14N2O3.C2HF3O2/c8-5(6(10)7(9)11)3-4-1-2-12-4;3-2(4,5)1(6)7/h4-6,10H,1-3,8H2,(H2,9,11);(H,6,7). The van der Waals surface area contributed by atoms with Gasteiger partial charge in [0.15, 0.2) is 0 Å². The quantitative estimate of drug-likeness (QED) is 0.522. The molecule has 0 aromatic heterocycles. The van der Waals surface area contributed by atoms with Crippen molar-refractivity contribution >= 4 is 11.9 Å². The number of nitrogens with two attached hydrogens (primary N) is 2. The van der Waals surface area contributed by atoms with E-state index in [1.165, 1.54) is 0 Å². The molecule has 3 atom stereocenters. The normalized spacial score (nSPS) is 21.4. The van der Waals surface area contributed by atoms with Crippen LogP contribution in [-0.2, 0) is 14.3 Å². The lowest BCUT2D eigenvalue weighted by Crippen LogP contribution is -2.47. The zero-order valence-electron chi connectivity index (χ0n) is 9.76. The number of aliphatic carboxylic acids is 1. The van der Waals surface area contributed by atoms with Gasteiger partial charge in [0.05, 0.1) is 6.10 Å². The van der Waals surface area contributed by atoms with Crippen LogP contribution >= 0.6 is 0 Å². The monoisotopic (exact) mass is 288 g/mol. The molecular weight excluding hydrogens is 273 g/mol. The zero-order valence-corrected chi connectivity index (χ0v) is 9.76. The molecule has 0 aliphatic carbocycles. The maximum Gasteiger partial charge on any atom is 0.490 e. The van der Waals surface area contributed by atoms with Gasteiger partial charge in [0.1, 0.15) is 6.10 Å². The molecule has 0 aromatic carbocycles. The fourth-order valence-electron chi connectivity index (χ4n) is 1.11. The second-order valence-corrected chi connectivity index (χ2v) is 3.83. The number of aliphatic hydroxyl groups excluding tert-OH is 1. The van der Waals surface area contributed by atoms with Gasteiger partial charge in [-0.05, 0) is 12.8 Å². The average molecular weight is 288 g/mol. The van der Waals surface area contributed by atoms with Crippen LogP contribution in [0.25, 0.3) is 0 Å². The first-order valence-electron chi connectivity index (χ1n) is 5.20. The number of alkyl halides is 3. The van der Waals surface area contributed by atoms with Crippen LogP contribution in [0.3, 0.4) is 0 Å². The van der Waals surface area contributed by atoms with Crippen LogP contribution in [0.5, 0.6) is 0 Å². The van der Waals surface area contributed by atoms with E-state index in [0.717, 1.165) is 13.0 Å². The summed E-state index contributed by atoms with van der Waals surface area (Å²) in [6.45, 7) is 0.740. The number of halogens is 3. The Labute approximate surface area is 106 Å². The van der Waals surface area contributed by atoms with Crippen molar-refractivity contribution in [1.29, 1.82) is 0 Å². The molecule has 19 heavy (non-hydrogen) atoms.